The van der Waals surface area contributed by atoms with Gasteiger partial charge in [-0.2, -0.15) is 11.8 Å². The highest BCUT2D eigenvalue weighted by atomic mass is 79.9. The lowest BCUT2D eigenvalue weighted by Gasteiger charge is -2.22. The molecule has 2 aromatic rings. The maximum Gasteiger partial charge on any atom is 0.253 e. The van der Waals surface area contributed by atoms with Crippen LogP contribution in [0.2, 0.25) is 0 Å². The van der Waals surface area contributed by atoms with E-state index >= 15 is 0 Å². The van der Waals surface area contributed by atoms with Gasteiger partial charge >= 0.3 is 0 Å². The molecule has 4 nitrogen and oxygen atoms in total. The van der Waals surface area contributed by atoms with Crippen LogP contribution in [0.15, 0.2) is 53.0 Å². The SMILES string of the molecule is CSCCC(NC(=O)c1ccccc1Br)C(=O)NC(C)c1ccc(C(C)C)cc1. The highest BCUT2D eigenvalue weighted by Crippen LogP contribution is 2.19. The monoisotopic (exact) mass is 476 g/mol. The van der Waals surface area contributed by atoms with Gasteiger partial charge in [-0.05, 0) is 70.5 Å². The van der Waals surface area contributed by atoms with Gasteiger partial charge in [0.25, 0.3) is 5.91 Å². The van der Waals surface area contributed by atoms with Crippen LogP contribution >= 0.6 is 27.7 Å². The van der Waals surface area contributed by atoms with E-state index in [1.165, 1.54) is 5.56 Å². The molecule has 0 aliphatic heterocycles. The second-order valence-corrected chi connectivity index (χ2v) is 9.18. The first kappa shape index (κ1) is 23.5. The van der Waals surface area contributed by atoms with Crippen LogP contribution in [0.1, 0.15) is 60.6 Å². The molecule has 0 saturated heterocycles. The normalized spacial score (nSPS) is 13.0. The van der Waals surface area contributed by atoms with Gasteiger partial charge in [0.1, 0.15) is 6.04 Å². The molecular formula is C23H29BrN2O2S. The van der Waals surface area contributed by atoms with Crippen LogP contribution in [0, 0.1) is 0 Å². The van der Waals surface area contributed by atoms with E-state index in [0.717, 1.165) is 11.3 Å². The van der Waals surface area contributed by atoms with E-state index in [9.17, 15) is 9.59 Å². The largest absolute Gasteiger partial charge is 0.348 e. The number of thioether (sulfide) groups is 1. The van der Waals surface area contributed by atoms with Gasteiger partial charge < -0.3 is 10.6 Å². The summed E-state index contributed by atoms with van der Waals surface area (Å²) in [5, 5.41) is 5.95. The first-order valence-electron chi connectivity index (χ1n) is 9.78. The topological polar surface area (TPSA) is 58.2 Å². The third-order valence-electron chi connectivity index (χ3n) is 4.81. The highest BCUT2D eigenvalue weighted by Gasteiger charge is 2.23. The zero-order valence-electron chi connectivity index (χ0n) is 17.4. The van der Waals surface area contributed by atoms with Crippen molar-refractivity contribution in [2.45, 2.75) is 45.2 Å². The minimum atomic E-state index is -0.584. The molecule has 2 unspecified atom stereocenters. The Balaban J connectivity index is 2.07. The molecule has 29 heavy (non-hydrogen) atoms. The first-order valence-corrected chi connectivity index (χ1v) is 12.0. The van der Waals surface area contributed by atoms with Crippen molar-refractivity contribution in [1.82, 2.24) is 10.6 Å². The zero-order chi connectivity index (χ0) is 21.4. The van der Waals surface area contributed by atoms with Crippen molar-refractivity contribution in [3.63, 3.8) is 0 Å². The molecule has 0 heterocycles. The fourth-order valence-electron chi connectivity index (χ4n) is 2.95. The number of nitrogens with one attached hydrogen (secondary N) is 2. The molecule has 2 amide bonds. The molecule has 0 saturated carbocycles. The van der Waals surface area contributed by atoms with Gasteiger partial charge in [-0.25, -0.2) is 0 Å². The van der Waals surface area contributed by atoms with Gasteiger partial charge in [0.05, 0.1) is 11.6 Å². The Hall–Kier alpha value is -1.79. The van der Waals surface area contributed by atoms with Gasteiger partial charge in [0, 0.05) is 4.47 Å². The molecule has 2 aromatic carbocycles. The van der Waals surface area contributed by atoms with E-state index in [4.69, 9.17) is 0 Å². The van der Waals surface area contributed by atoms with Crippen molar-refractivity contribution in [2.75, 3.05) is 12.0 Å². The molecule has 2 rings (SSSR count). The second kappa shape index (κ2) is 11.4. The Morgan fingerprint density at radius 2 is 1.59 bits per heavy atom. The van der Waals surface area contributed by atoms with Crippen LogP contribution in [0.25, 0.3) is 0 Å². The molecule has 0 fully saturated rings. The number of hydrogen-bond donors (Lipinski definition) is 2. The molecular weight excluding hydrogens is 448 g/mol. The summed E-state index contributed by atoms with van der Waals surface area (Å²) in [6, 6.07) is 14.8. The highest BCUT2D eigenvalue weighted by molar-refractivity contribution is 9.10. The van der Waals surface area contributed by atoms with Crippen LogP contribution in [0.3, 0.4) is 0 Å². The molecule has 0 spiro atoms. The minimum Gasteiger partial charge on any atom is -0.348 e. The van der Waals surface area contributed by atoms with Crippen molar-refractivity contribution >= 4 is 39.5 Å². The lowest BCUT2D eigenvalue weighted by molar-refractivity contribution is -0.123. The zero-order valence-corrected chi connectivity index (χ0v) is 19.8. The van der Waals surface area contributed by atoms with Gasteiger partial charge in [-0.15, -0.1) is 0 Å². The average molecular weight is 477 g/mol. The fourth-order valence-corrected chi connectivity index (χ4v) is 3.89. The summed E-state index contributed by atoms with van der Waals surface area (Å²) in [4.78, 5) is 25.6. The second-order valence-electron chi connectivity index (χ2n) is 7.34. The molecule has 2 N–H and O–H groups in total. The summed E-state index contributed by atoms with van der Waals surface area (Å²) >= 11 is 5.05. The van der Waals surface area contributed by atoms with Crippen LogP contribution in [-0.4, -0.2) is 29.9 Å². The lowest BCUT2D eigenvalue weighted by atomic mass is 9.99. The van der Waals surface area contributed by atoms with E-state index in [0.29, 0.717) is 22.4 Å². The Bertz CT molecular complexity index is 824. The summed E-state index contributed by atoms with van der Waals surface area (Å²) in [5.74, 6) is 0.830. The molecule has 0 radical (unpaired) electrons. The lowest BCUT2D eigenvalue weighted by Crippen LogP contribution is -2.47. The third-order valence-corrected chi connectivity index (χ3v) is 6.15. The molecule has 6 heteroatoms. The number of carbonyl (C=O) groups is 2. The Labute approximate surface area is 186 Å². The third kappa shape index (κ3) is 6.89. The van der Waals surface area contributed by atoms with Crippen LogP contribution in [-0.2, 0) is 4.79 Å². The van der Waals surface area contributed by atoms with E-state index in [-0.39, 0.29) is 17.9 Å². The smallest absolute Gasteiger partial charge is 0.253 e. The van der Waals surface area contributed by atoms with Gasteiger partial charge in [0.2, 0.25) is 5.91 Å². The minimum absolute atomic E-state index is 0.138. The van der Waals surface area contributed by atoms with Crippen molar-refractivity contribution in [3.05, 3.63) is 69.7 Å². The van der Waals surface area contributed by atoms with E-state index in [1.54, 1.807) is 23.9 Å². The van der Waals surface area contributed by atoms with Crippen LogP contribution in [0.5, 0.6) is 0 Å². The van der Waals surface area contributed by atoms with E-state index in [2.05, 4.69) is 64.7 Å². The maximum absolute atomic E-state index is 12.9. The summed E-state index contributed by atoms with van der Waals surface area (Å²) in [6.45, 7) is 6.28. The van der Waals surface area contributed by atoms with Crippen molar-refractivity contribution in [3.8, 4) is 0 Å². The van der Waals surface area contributed by atoms with Crippen molar-refractivity contribution < 1.29 is 9.59 Å². The summed E-state index contributed by atoms with van der Waals surface area (Å²) in [6.07, 6.45) is 2.56. The molecule has 0 bridgehead atoms. The summed E-state index contributed by atoms with van der Waals surface area (Å²) in [5.41, 5.74) is 2.83. The number of rotatable bonds is 9. The van der Waals surface area contributed by atoms with Gasteiger partial charge in [0.15, 0.2) is 0 Å². The number of benzene rings is 2. The fraction of sp³-hybridized carbons (Fsp3) is 0.391. The Kier molecular flexibility index (Phi) is 9.24. The average Bonchev–Trinajstić information content (AvgIpc) is 2.71. The quantitative estimate of drug-likeness (QED) is 0.515. The summed E-state index contributed by atoms with van der Waals surface area (Å²) < 4.78 is 0.708. The predicted molar refractivity (Wildman–Crippen MR) is 125 cm³/mol. The number of carbonyl (C=O) groups excluding carboxylic acids is 2. The molecule has 2 atom stereocenters. The van der Waals surface area contributed by atoms with E-state index < -0.39 is 6.04 Å². The molecule has 156 valence electrons. The Morgan fingerprint density at radius 1 is 0.966 bits per heavy atom. The number of hydrogen-bond acceptors (Lipinski definition) is 3. The van der Waals surface area contributed by atoms with Gasteiger partial charge in [-0.1, -0.05) is 50.2 Å². The van der Waals surface area contributed by atoms with Crippen LogP contribution < -0.4 is 10.6 Å². The van der Waals surface area contributed by atoms with E-state index in [1.807, 2.05) is 25.3 Å². The first-order chi connectivity index (χ1) is 13.8. The summed E-state index contributed by atoms with van der Waals surface area (Å²) in [7, 11) is 0. The molecule has 0 aliphatic rings. The van der Waals surface area contributed by atoms with Crippen molar-refractivity contribution in [1.29, 1.82) is 0 Å². The standard InChI is InChI=1S/C23H29BrN2O2S/c1-15(2)17-9-11-18(12-10-17)16(3)25-23(28)21(13-14-29-4)26-22(27)19-7-5-6-8-20(19)24/h5-12,15-16,21H,13-14H2,1-4H3,(H,25,28)(H,26,27). The van der Waals surface area contributed by atoms with Crippen molar-refractivity contribution in [2.24, 2.45) is 0 Å². The Morgan fingerprint density at radius 3 is 2.17 bits per heavy atom. The maximum atomic E-state index is 12.9. The number of halogens is 1. The van der Waals surface area contributed by atoms with Crippen LogP contribution in [0.4, 0.5) is 0 Å². The number of amides is 2. The molecule has 0 aromatic heterocycles. The predicted octanol–water partition coefficient (Wildman–Crippen LogP) is 5.30. The molecule has 0 aliphatic carbocycles. The van der Waals surface area contributed by atoms with Gasteiger partial charge in [-0.3, -0.25) is 9.59 Å².